The second-order valence-electron chi connectivity index (χ2n) is 19.8. The summed E-state index contributed by atoms with van der Waals surface area (Å²) in [5.41, 5.74) is 18.1. The molecule has 2 aromatic heterocycles. The van der Waals surface area contributed by atoms with Gasteiger partial charge in [-0.3, -0.25) is 9.55 Å². The number of aromatic nitrogens is 3. The van der Waals surface area contributed by atoms with Crippen LogP contribution < -0.4 is 0 Å². The Balaban J connectivity index is 1.41. The standard InChI is InChI=1S/C59H63N3O/c1-36(2)28-40-20-25-54(51(29-40)43-16-13-12-14-17-43)62-55-19-15-18-49(56(55)61-58(62)52-34-45(38(5)6)33-50(39(7)8)57(52)63)46-30-47(32-48(31-46)59(9,10)11)53-35-44(26-27-60-53)42-23-21-41(22-24-42)37(3)4/h12-27,29-39,63H,28H2,1-11H3. The first-order chi connectivity index (χ1) is 30.1. The minimum Gasteiger partial charge on any atom is -0.507 e. The molecule has 8 aromatic rings. The normalized spacial score (nSPS) is 12.1. The molecule has 0 aliphatic carbocycles. The highest BCUT2D eigenvalue weighted by atomic mass is 16.3. The van der Waals surface area contributed by atoms with E-state index in [9.17, 15) is 5.11 Å². The van der Waals surface area contributed by atoms with Crippen LogP contribution in [-0.2, 0) is 11.8 Å². The highest BCUT2D eigenvalue weighted by Crippen LogP contribution is 2.44. The van der Waals surface area contributed by atoms with Crippen molar-refractivity contribution in [2.45, 2.75) is 106 Å². The predicted octanol–water partition coefficient (Wildman–Crippen LogP) is 16.3. The Hall–Kier alpha value is -6.26. The fourth-order valence-electron chi connectivity index (χ4n) is 8.80. The van der Waals surface area contributed by atoms with Gasteiger partial charge >= 0.3 is 0 Å². The zero-order valence-corrected chi connectivity index (χ0v) is 39.1. The lowest BCUT2D eigenvalue weighted by atomic mass is 9.83. The lowest BCUT2D eigenvalue weighted by molar-refractivity contribution is 0.466. The smallest absolute Gasteiger partial charge is 0.149 e. The molecule has 1 N–H and O–H groups in total. The third-order valence-corrected chi connectivity index (χ3v) is 12.5. The Kier molecular flexibility index (Phi) is 12.0. The maximum Gasteiger partial charge on any atom is 0.149 e. The molecule has 0 amide bonds. The summed E-state index contributed by atoms with van der Waals surface area (Å²) >= 11 is 0. The Morgan fingerprint density at radius 2 is 1.27 bits per heavy atom. The van der Waals surface area contributed by atoms with E-state index >= 15 is 0 Å². The van der Waals surface area contributed by atoms with Crippen molar-refractivity contribution in [2.24, 2.45) is 5.92 Å². The number of imidazole rings is 1. The summed E-state index contributed by atoms with van der Waals surface area (Å²) in [5.74, 6) is 2.38. The van der Waals surface area contributed by atoms with Crippen molar-refractivity contribution < 1.29 is 5.11 Å². The number of para-hydroxylation sites is 1. The van der Waals surface area contributed by atoms with Crippen molar-refractivity contribution in [3.63, 3.8) is 0 Å². The molecule has 0 saturated heterocycles. The Bertz CT molecular complexity index is 2910. The van der Waals surface area contributed by atoms with E-state index in [-0.39, 0.29) is 23.0 Å². The summed E-state index contributed by atoms with van der Waals surface area (Å²) in [6.45, 7) is 24.6. The van der Waals surface area contributed by atoms with Crippen LogP contribution in [0.1, 0.15) is 122 Å². The summed E-state index contributed by atoms with van der Waals surface area (Å²) in [6, 6.07) is 48.6. The molecule has 0 unspecified atom stereocenters. The molecule has 63 heavy (non-hydrogen) atoms. The largest absolute Gasteiger partial charge is 0.507 e. The van der Waals surface area contributed by atoms with E-state index in [2.05, 4.69) is 214 Å². The minimum atomic E-state index is -0.133. The van der Waals surface area contributed by atoms with Gasteiger partial charge in [0, 0.05) is 22.9 Å². The van der Waals surface area contributed by atoms with Crippen molar-refractivity contribution in [1.29, 1.82) is 0 Å². The number of hydrogen-bond acceptors (Lipinski definition) is 3. The van der Waals surface area contributed by atoms with Gasteiger partial charge in [-0.1, -0.05) is 161 Å². The quantitative estimate of drug-likeness (QED) is 0.141. The zero-order valence-electron chi connectivity index (χ0n) is 39.1. The van der Waals surface area contributed by atoms with Crippen molar-refractivity contribution in [1.82, 2.24) is 14.5 Å². The van der Waals surface area contributed by atoms with Gasteiger partial charge in [-0.2, -0.15) is 0 Å². The molecule has 0 bridgehead atoms. The first kappa shape index (κ1) is 43.4. The van der Waals surface area contributed by atoms with E-state index in [1.807, 2.05) is 6.20 Å². The van der Waals surface area contributed by atoms with Gasteiger partial charge in [0.1, 0.15) is 11.6 Å². The number of rotatable bonds is 11. The second-order valence-corrected chi connectivity index (χ2v) is 19.8. The maximum atomic E-state index is 12.3. The molecule has 0 saturated carbocycles. The Labute approximate surface area is 375 Å². The fraction of sp³-hybridized carbons (Fsp3) is 0.288. The van der Waals surface area contributed by atoms with Crippen LogP contribution in [0.15, 0.2) is 140 Å². The number of phenols is 1. The molecule has 6 aromatic carbocycles. The van der Waals surface area contributed by atoms with E-state index in [0.29, 0.717) is 11.8 Å². The summed E-state index contributed by atoms with van der Waals surface area (Å²) < 4.78 is 2.30. The number of benzene rings is 6. The number of fused-ring (bicyclic) bond motifs is 1. The van der Waals surface area contributed by atoms with Gasteiger partial charge in [0.05, 0.1) is 28.0 Å². The Morgan fingerprint density at radius 3 is 1.94 bits per heavy atom. The molecule has 2 heterocycles. The first-order valence-electron chi connectivity index (χ1n) is 22.9. The molecule has 8 rings (SSSR count). The number of phenolic OH excluding ortho intramolecular Hbond substituents is 1. The lowest BCUT2D eigenvalue weighted by Crippen LogP contribution is -2.11. The molecule has 4 heteroatoms. The number of pyridine rings is 1. The molecular formula is C59H63N3O. The molecule has 4 nitrogen and oxygen atoms in total. The van der Waals surface area contributed by atoms with E-state index in [1.165, 1.54) is 27.8 Å². The fourth-order valence-corrected chi connectivity index (χ4v) is 8.80. The van der Waals surface area contributed by atoms with Gasteiger partial charge in [0.25, 0.3) is 0 Å². The predicted molar refractivity (Wildman–Crippen MR) is 267 cm³/mol. The SMILES string of the molecule is CC(C)Cc1ccc(-n2c(-c3cc(C(C)C)cc(C(C)C)c3O)nc3c(-c4cc(-c5cc(-c6ccc(C(C)C)cc6)ccn5)cc(C(C)(C)C)c4)cccc32)c(-c2ccccc2)c1. The van der Waals surface area contributed by atoms with Gasteiger partial charge in [-0.15, -0.1) is 0 Å². The van der Waals surface area contributed by atoms with Crippen molar-refractivity contribution >= 4 is 11.0 Å². The van der Waals surface area contributed by atoms with E-state index in [1.54, 1.807) is 0 Å². The maximum absolute atomic E-state index is 12.3. The van der Waals surface area contributed by atoms with Crippen molar-refractivity contribution in [3.05, 3.63) is 167 Å². The van der Waals surface area contributed by atoms with E-state index in [0.717, 1.165) is 79.2 Å². The molecule has 0 aliphatic heterocycles. The van der Waals surface area contributed by atoms with Crippen molar-refractivity contribution in [2.75, 3.05) is 0 Å². The molecule has 0 radical (unpaired) electrons. The zero-order chi connectivity index (χ0) is 44.7. The second kappa shape index (κ2) is 17.5. The van der Waals surface area contributed by atoms with Crippen LogP contribution in [-0.4, -0.2) is 19.6 Å². The van der Waals surface area contributed by atoms with Gasteiger partial charge < -0.3 is 5.11 Å². The summed E-state index contributed by atoms with van der Waals surface area (Å²) in [6.07, 6.45) is 2.91. The number of nitrogens with zero attached hydrogens (tertiary/aromatic N) is 3. The van der Waals surface area contributed by atoms with Crippen LogP contribution in [0.25, 0.3) is 72.7 Å². The third-order valence-electron chi connectivity index (χ3n) is 12.5. The van der Waals surface area contributed by atoms with Gasteiger partial charge in [-0.25, -0.2) is 4.98 Å². The highest BCUT2D eigenvalue weighted by Gasteiger charge is 2.26. The van der Waals surface area contributed by atoms with Gasteiger partial charge in [0.2, 0.25) is 0 Å². The van der Waals surface area contributed by atoms with E-state index < -0.39 is 0 Å². The summed E-state index contributed by atoms with van der Waals surface area (Å²) in [5, 5.41) is 12.3. The summed E-state index contributed by atoms with van der Waals surface area (Å²) in [4.78, 5) is 10.6. The van der Waals surface area contributed by atoms with Crippen LogP contribution in [0, 0.1) is 5.92 Å². The monoisotopic (exact) mass is 829 g/mol. The van der Waals surface area contributed by atoms with Crippen LogP contribution in [0.3, 0.4) is 0 Å². The number of hydrogen-bond donors (Lipinski definition) is 1. The highest BCUT2D eigenvalue weighted by molar-refractivity contribution is 5.98. The molecule has 0 spiro atoms. The van der Waals surface area contributed by atoms with Crippen LogP contribution >= 0.6 is 0 Å². The third kappa shape index (κ3) is 8.87. The topological polar surface area (TPSA) is 50.9 Å². The van der Waals surface area contributed by atoms with E-state index in [4.69, 9.17) is 9.97 Å². The molecule has 0 fully saturated rings. The first-order valence-corrected chi connectivity index (χ1v) is 22.9. The van der Waals surface area contributed by atoms with Crippen LogP contribution in [0.4, 0.5) is 0 Å². The van der Waals surface area contributed by atoms with Crippen molar-refractivity contribution in [3.8, 4) is 67.5 Å². The Morgan fingerprint density at radius 1 is 0.556 bits per heavy atom. The molecular weight excluding hydrogens is 767 g/mol. The average Bonchev–Trinajstić information content (AvgIpc) is 3.65. The van der Waals surface area contributed by atoms with Gasteiger partial charge in [0.15, 0.2) is 0 Å². The van der Waals surface area contributed by atoms with Crippen LogP contribution in [0.2, 0.25) is 0 Å². The summed E-state index contributed by atoms with van der Waals surface area (Å²) in [7, 11) is 0. The molecule has 320 valence electrons. The minimum absolute atomic E-state index is 0.121. The molecule has 0 atom stereocenters. The van der Waals surface area contributed by atoms with Gasteiger partial charge in [-0.05, 0) is 134 Å². The molecule has 0 aliphatic rings. The average molecular weight is 830 g/mol. The number of aromatic hydroxyl groups is 1. The lowest BCUT2D eigenvalue weighted by Gasteiger charge is -2.22. The van der Waals surface area contributed by atoms with Crippen LogP contribution in [0.5, 0.6) is 5.75 Å².